The number of carbonyl (C=O) groups excluding carboxylic acids is 2. The van der Waals surface area contributed by atoms with E-state index in [1.165, 1.54) is 31.9 Å². The first-order valence-electron chi connectivity index (χ1n) is 14.5. The number of likely N-dealkylation sites (tertiary alicyclic amines) is 1. The van der Waals surface area contributed by atoms with Crippen molar-refractivity contribution in [3.8, 4) is 17.6 Å². The quantitative estimate of drug-likeness (QED) is 0.258. The van der Waals surface area contributed by atoms with E-state index in [9.17, 15) is 22.8 Å². The Bertz CT molecular complexity index is 1380. The molecule has 3 fully saturated rings. The van der Waals surface area contributed by atoms with Gasteiger partial charge >= 0.3 is 12.1 Å². The number of amides is 1. The van der Waals surface area contributed by atoms with Crippen molar-refractivity contribution in [3.63, 3.8) is 0 Å². The Morgan fingerprint density at radius 2 is 1.83 bits per heavy atom. The predicted molar refractivity (Wildman–Crippen MR) is 152 cm³/mol. The van der Waals surface area contributed by atoms with Crippen LogP contribution in [0.4, 0.5) is 13.2 Å². The van der Waals surface area contributed by atoms with Gasteiger partial charge in [-0.2, -0.15) is 13.2 Å². The molecule has 1 heterocycles. The van der Waals surface area contributed by atoms with Gasteiger partial charge in [0.2, 0.25) is 0 Å². The summed E-state index contributed by atoms with van der Waals surface area (Å²) in [6, 6.07) is 12.0. The van der Waals surface area contributed by atoms with Crippen LogP contribution in [0.15, 0.2) is 48.5 Å². The first-order chi connectivity index (χ1) is 19.9. The van der Waals surface area contributed by atoms with E-state index in [1.807, 2.05) is 12.1 Å². The molecule has 6 nitrogen and oxygen atoms in total. The molecule has 9 heteroatoms. The molecule has 0 N–H and O–H groups in total. The number of rotatable bonds is 6. The lowest BCUT2D eigenvalue weighted by atomic mass is 9.55. The Labute approximate surface area is 245 Å². The molecule has 224 valence electrons. The normalized spacial score (nSPS) is 26.0. The van der Waals surface area contributed by atoms with Gasteiger partial charge in [0.25, 0.3) is 5.91 Å². The Morgan fingerprint density at radius 3 is 2.48 bits per heavy atom. The molecule has 3 atom stereocenters. The van der Waals surface area contributed by atoms with Gasteiger partial charge in [-0.3, -0.25) is 9.59 Å². The Balaban J connectivity index is 1.41. The van der Waals surface area contributed by atoms with Gasteiger partial charge in [-0.25, -0.2) is 0 Å². The van der Waals surface area contributed by atoms with Crippen LogP contribution in [0.25, 0.3) is 0 Å². The fourth-order valence-corrected chi connectivity index (χ4v) is 6.86. The van der Waals surface area contributed by atoms with E-state index in [2.05, 4.69) is 22.8 Å². The summed E-state index contributed by atoms with van der Waals surface area (Å²) in [6.07, 6.45) is 1.04. The summed E-state index contributed by atoms with van der Waals surface area (Å²) in [5.74, 6) is 5.81. The molecule has 2 aromatic carbocycles. The van der Waals surface area contributed by atoms with Gasteiger partial charge in [0.05, 0.1) is 11.2 Å². The summed E-state index contributed by atoms with van der Waals surface area (Å²) in [4.78, 5) is 29.1. The minimum Gasteiger partial charge on any atom is -0.427 e. The van der Waals surface area contributed by atoms with Gasteiger partial charge in [-0.1, -0.05) is 18.1 Å². The maximum atomic E-state index is 13.2. The maximum absolute atomic E-state index is 13.2. The van der Waals surface area contributed by atoms with Crippen molar-refractivity contribution in [2.24, 2.45) is 5.92 Å². The number of alkyl halides is 3. The molecule has 2 saturated carbocycles. The molecule has 0 spiro atoms. The van der Waals surface area contributed by atoms with Crippen molar-refractivity contribution in [1.29, 1.82) is 0 Å². The second-order valence-corrected chi connectivity index (χ2v) is 12.0. The molecule has 0 aromatic heterocycles. The molecule has 1 saturated heterocycles. The highest BCUT2D eigenvalue weighted by Crippen LogP contribution is 2.54. The lowest BCUT2D eigenvalue weighted by Gasteiger charge is -2.60. The highest BCUT2D eigenvalue weighted by Gasteiger charge is 2.59. The van der Waals surface area contributed by atoms with Crippen LogP contribution in [0.2, 0.25) is 0 Å². The minimum atomic E-state index is -4.43. The smallest absolute Gasteiger partial charge is 0.416 e. The highest BCUT2D eigenvalue weighted by molar-refractivity contribution is 5.94. The second-order valence-electron chi connectivity index (χ2n) is 12.0. The third kappa shape index (κ3) is 6.20. The third-order valence-electron chi connectivity index (χ3n) is 9.32. The first kappa shape index (κ1) is 30.1. The molecule has 42 heavy (non-hydrogen) atoms. The van der Waals surface area contributed by atoms with Crippen LogP contribution >= 0.6 is 0 Å². The Kier molecular flexibility index (Phi) is 8.41. The van der Waals surface area contributed by atoms with Crippen molar-refractivity contribution in [2.75, 3.05) is 33.8 Å². The molecular weight excluding hydrogens is 545 g/mol. The second kappa shape index (κ2) is 11.7. The van der Waals surface area contributed by atoms with Crippen molar-refractivity contribution >= 4 is 11.9 Å². The van der Waals surface area contributed by atoms with Gasteiger partial charge in [-0.15, -0.1) is 0 Å². The van der Waals surface area contributed by atoms with Gasteiger partial charge in [0.1, 0.15) is 5.75 Å². The van der Waals surface area contributed by atoms with E-state index in [-0.39, 0.29) is 17.9 Å². The van der Waals surface area contributed by atoms with Gasteiger partial charge in [-0.05, 0) is 92.9 Å². The third-order valence-corrected chi connectivity index (χ3v) is 9.32. The number of fused-ring (bicyclic) bond motifs is 1. The number of ether oxygens (including phenoxy) is 2. The standard InChI is InChI=1S/C33H37F3N2O4/c1-23(39)42-29-6-4-5-27(19-29)31-17-18-38(21-25-7-8-25)22-32(31,41-3)16-15-28(20-31)37(2)30(40)14-11-24-9-12-26(13-10-24)33(34,35)36/h4-6,9-10,12-13,19,25,28H,7-8,15-18,20-22H2,1-3H3/t28-,31-,32-/m0/s1. The van der Waals surface area contributed by atoms with Gasteiger partial charge in [0.15, 0.2) is 0 Å². The number of nitrogens with zero attached hydrogens (tertiary/aromatic N) is 2. The SMILES string of the molecule is CO[C@]12CC[C@H](N(C)C(=O)C#Cc3ccc(C(F)(F)F)cc3)C[C@]1(c1cccc(OC(C)=O)c1)CCN(CC1CC1)C2. The number of hydrogen-bond donors (Lipinski definition) is 0. The predicted octanol–water partition coefficient (Wildman–Crippen LogP) is 5.43. The highest BCUT2D eigenvalue weighted by atomic mass is 19.4. The van der Waals surface area contributed by atoms with E-state index in [0.717, 1.165) is 62.5 Å². The lowest BCUT2D eigenvalue weighted by Crippen LogP contribution is -2.68. The lowest BCUT2D eigenvalue weighted by molar-refractivity contribution is -0.159. The zero-order valence-corrected chi connectivity index (χ0v) is 24.3. The van der Waals surface area contributed by atoms with E-state index >= 15 is 0 Å². The monoisotopic (exact) mass is 582 g/mol. The van der Waals surface area contributed by atoms with Crippen molar-refractivity contribution < 1.29 is 32.2 Å². The number of esters is 1. The van der Waals surface area contributed by atoms with Crippen LogP contribution in [0.3, 0.4) is 0 Å². The van der Waals surface area contributed by atoms with Crippen LogP contribution in [0.5, 0.6) is 5.75 Å². The molecular formula is C33H37F3N2O4. The molecule has 3 aliphatic rings. The van der Waals surface area contributed by atoms with Crippen LogP contribution in [-0.4, -0.2) is 67.1 Å². The number of halogens is 3. The fraction of sp³-hybridized carbons (Fsp3) is 0.515. The topological polar surface area (TPSA) is 59.1 Å². The van der Waals surface area contributed by atoms with Crippen molar-refractivity contribution in [3.05, 3.63) is 65.2 Å². The molecule has 1 aliphatic heterocycles. The Hall–Kier alpha value is -3.35. The summed E-state index contributed by atoms with van der Waals surface area (Å²) < 4.78 is 50.6. The van der Waals surface area contributed by atoms with Gasteiger partial charge in [0, 0.05) is 57.1 Å². The van der Waals surface area contributed by atoms with E-state index in [0.29, 0.717) is 17.7 Å². The van der Waals surface area contributed by atoms with Crippen molar-refractivity contribution in [1.82, 2.24) is 9.80 Å². The van der Waals surface area contributed by atoms with Gasteiger partial charge < -0.3 is 19.3 Å². The summed E-state index contributed by atoms with van der Waals surface area (Å²) in [7, 11) is 3.51. The van der Waals surface area contributed by atoms with E-state index in [4.69, 9.17) is 9.47 Å². The summed E-state index contributed by atoms with van der Waals surface area (Å²) >= 11 is 0. The van der Waals surface area contributed by atoms with E-state index < -0.39 is 22.8 Å². The first-order valence-corrected chi connectivity index (χ1v) is 14.5. The van der Waals surface area contributed by atoms with Crippen LogP contribution < -0.4 is 4.74 Å². The molecule has 0 bridgehead atoms. The van der Waals surface area contributed by atoms with Crippen molar-refractivity contribution in [2.45, 2.75) is 68.7 Å². The van der Waals surface area contributed by atoms with Crippen LogP contribution in [0.1, 0.15) is 62.1 Å². The number of piperidine rings is 1. The van der Waals surface area contributed by atoms with E-state index in [1.54, 1.807) is 25.1 Å². The van der Waals surface area contributed by atoms with Crippen LogP contribution in [0, 0.1) is 17.8 Å². The average Bonchev–Trinajstić information content (AvgIpc) is 3.78. The molecule has 0 unspecified atom stereocenters. The zero-order chi connectivity index (χ0) is 30.1. The number of benzene rings is 2. The maximum Gasteiger partial charge on any atom is 0.416 e. The number of methoxy groups -OCH3 is 1. The number of hydrogen-bond acceptors (Lipinski definition) is 5. The minimum absolute atomic E-state index is 0.130. The summed E-state index contributed by atoms with van der Waals surface area (Å²) in [6.45, 7) is 4.13. The Morgan fingerprint density at radius 1 is 1.10 bits per heavy atom. The van der Waals surface area contributed by atoms with Crippen LogP contribution in [-0.2, 0) is 25.9 Å². The zero-order valence-electron chi connectivity index (χ0n) is 24.3. The number of carbonyl (C=O) groups is 2. The largest absolute Gasteiger partial charge is 0.427 e. The average molecular weight is 583 g/mol. The molecule has 1 amide bonds. The molecule has 0 radical (unpaired) electrons. The summed E-state index contributed by atoms with van der Waals surface area (Å²) in [5.41, 5.74) is -0.312. The molecule has 2 aliphatic carbocycles. The molecule has 5 rings (SSSR count). The summed E-state index contributed by atoms with van der Waals surface area (Å²) in [5, 5.41) is 0. The molecule has 2 aromatic rings. The fourth-order valence-electron chi connectivity index (χ4n) is 6.86.